The first-order valence-electron chi connectivity index (χ1n) is 6.10. The average molecular weight is 316 g/mol. The zero-order chi connectivity index (χ0) is 16.0. The third kappa shape index (κ3) is 4.97. The number of methoxy groups -OCH3 is 2. The summed E-state index contributed by atoms with van der Waals surface area (Å²) in [6, 6.07) is 4.05. The minimum atomic E-state index is -3.84. The van der Waals surface area contributed by atoms with Gasteiger partial charge in [-0.05, 0) is 30.7 Å². The molecule has 0 fully saturated rings. The van der Waals surface area contributed by atoms with Gasteiger partial charge in [0, 0.05) is 0 Å². The molecule has 1 aromatic rings. The Morgan fingerprint density at radius 3 is 1.95 bits per heavy atom. The summed E-state index contributed by atoms with van der Waals surface area (Å²) in [7, 11) is -1.44. The lowest BCUT2D eigenvalue weighted by molar-refractivity contribution is 0.0599. The Bertz CT molecular complexity index is 548. The van der Waals surface area contributed by atoms with E-state index in [9.17, 15) is 19.0 Å². The Morgan fingerprint density at radius 1 is 1.10 bits per heavy atom. The van der Waals surface area contributed by atoms with E-state index in [-0.39, 0.29) is 23.9 Å². The number of carbonyl (C=O) groups is 2. The summed E-state index contributed by atoms with van der Waals surface area (Å²) in [5, 5.41) is 0. The quantitative estimate of drug-likeness (QED) is 0.632. The molecule has 1 atom stereocenters. The molecule has 0 heterocycles. The van der Waals surface area contributed by atoms with Crippen LogP contribution >= 0.6 is 7.60 Å². The van der Waals surface area contributed by atoms with Crippen LogP contribution in [0.3, 0.4) is 0 Å². The molecular weight excluding hydrogens is 299 g/mol. The molecule has 0 saturated heterocycles. The molecule has 0 aromatic heterocycles. The third-order valence-electron chi connectivity index (χ3n) is 2.55. The summed E-state index contributed by atoms with van der Waals surface area (Å²) in [6.45, 7) is 1.67. The van der Waals surface area contributed by atoms with Crippen LogP contribution < -0.4 is 0 Å². The first kappa shape index (κ1) is 17.4. The third-order valence-corrected chi connectivity index (χ3v) is 3.97. The van der Waals surface area contributed by atoms with Crippen LogP contribution in [0.2, 0.25) is 0 Å². The summed E-state index contributed by atoms with van der Waals surface area (Å²) in [6.07, 6.45) is -0.324. The van der Waals surface area contributed by atoms with Gasteiger partial charge < -0.3 is 18.9 Å². The van der Waals surface area contributed by atoms with Gasteiger partial charge in [-0.1, -0.05) is 0 Å². The molecular formula is C13H17O7P. The van der Waals surface area contributed by atoms with Crippen molar-refractivity contribution in [3.8, 4) is 0 Å². The minimum Gasteiger partial charge on any atom is -0.465 e. The topological polar surface area (TPSA) is 99.1 Å². The molecule has 0 bridgehead atoms. The van der Waals surface area contributed by atoms with Gasteiger partial charge in [0.2, 0.25) is 0 Å². The van der Waals surface area contributed by atoms with Gasteiger partial charge in [-0.25, -0.2) is 9.59 Å². The lowest BCUT2D eigenvalue weighted by Gasteiger charge is -2.12. The van der Waals surface area contributed by atoms with Gasteiger partial charge in [0.25, 0.3) is 0 Å². The van der Waals surface area contributed by atoms with E-state index < -0.39 is 19.5 Å². The second kappa shape index (κ2) is 7.36. The molecule has 1 aromatic carbocycles. The SMILES string of the molecule is CCOP(=O)(O)Cc1cc(C(=O)OC)cc(C(=O)OC)c1. The molecule has 0 aliphatic carbocycles. The highest BCUT2D eigenvalue weighted by atomic mass is 31.2. The lowest BCUT2D eigenvalue weighted by atomic mass is 10.1. The van der Waals surface area contributed by atoms with E-state index in [0.717, 1.165) is 0 Å². The van der Waals surface area contributed by atoms with Crippen LogP contribution in [0.25, 0.3) is 0 Å². The molecule has 0 saturated carbocycles. The van der Waals surface area contributed by atoms with Gasteiger partial charge in [0.15, 0.2) is 0 Å². The maximum absolute atomic E-state index is 11.8. The van der Waals surface area contributed by atoms with Crippen LogP contribution in [0, 0.1) is 0 Å². The molecule has 0 radical (unpaired) electrons. The standard InChI is InChI=1S/C13H17O7P/c1-4-20-21(16,17)8-9-5-10(12(14)18-2)7-11(6-9)13(15)19-3/h5-7H,4,8H2,1-3H3,(H,16,17). The van der Waals surface area contributed by atoms with Gasteiger partial charge in [0.1, 0.15) is 0 Å². The van der Waals surface area contributed by atoms with Crippen LogP contribution in [0.5, 0.6) is 0 Å². The summed E-state index contributed by atoms with van der Waals surface area (Å²) >= 11 is 0. The average Bonchev–Trinajstić information content (AvgIpc) is 2.44. The molecule has 7 nitrogen and oxygen atoms in total. The van der Waals surface area contributed by atoms with Gasteiger partial charge in [-0.15, -0.1) is 0 Å². The van der Waals surface area contributed by atoms with E-state index >= 15 is 0 Å². The van der Waals surface area contributed by atoms with Gasteiger partial charge in [-0.3, -0.25) is 4.57 Å². The van der Waals surface area contributed by atoms with E-state index in [1.807, 2.05) is 0 Å². The Kier molecular flexibility index (Phi) is 6.08. The summed E-state index contributed by atoms with van der Waals surface area (Å²) in [5.41, 5.74) is 0.483. The smallest absolute Gasteiger partial charge is 0.337 e. The number of carbonyl (C=O) groups excluding carboxylic acids is 2. The van der Waals surface area contributed by atoms with Crippen LogP contribution in [-0.2, 0) is 24.7 Å². The van der Waals surface area contributed by atoms with Crippen molar-refractivity contribution in [2.75, 3.05) is 20.8 Å². The van der Waals surface area contributed by atoms with Crippen LogP contribution in [0.1, 0.15) is 33.2 Å². The van der Waals surface area contributed by atoms with Crippen LogP contribution in [-0.4, -0.2) is 37.7 Å². The Balaban J connectivity index is 3.22. The van der Waals surface area contributed by atoms with Crippen molar-refractivity contribution in [1.29, 1.82) is 0 Å². The predicted molar refractivity (Wildman–Crippen MR) is 74.3 cm³/mol. The Morgan fingerprint density at radius 2 is 1.57 bits per heavy atom. The van der Waals surface area contributed by atoms with Crippen molar-refractivity contribution >= 4 is 19.5 Å². The summed E-state index contributed by atoms with van der Waals surface area (Å²) in [5.74, 6) is -1.32. The van der Waals surface area contributed by atoms with Crippen molar-refractivity contribution in [3.63, 3.8) is 0 Å². The van der Waals surface area contributed by atoms with Gasteiger partial charge >= 0.3 is 19.5 Å². The van der Waals surface area contributed by atoms with Gasteiger partial charge in [0.05, 0.1) is 38.1 Å². The van der Waals surface area contributed by atoms with Crippen molar-refractivity contribution < 1.29 is 33.0 Å². The van der Waals surface area contributed by atoms with Crippen molar-refractivity contribution in [2.24, 2.45) is 0 Å². The molecule has 1 unspecified atom stereocenters. The maximum Gasteiger partial charge on any atom is 0.337 e. The van der Waals surface area contributed by atoms with Crippen molar-refractivity contribution in [2.45, 2.75) is 13.1 Å². The number of ether oxygens (including phenoxy) is 2. The van der Waals surface area contributed by atoms with Gasteiger partial charge in [-0.2, -0.15) is 0 Å². The molecule has 0 spiro atoms. The number of esters is 2. The van der Waals surface area contributed by atoms with E-state index in [1.165, 1.54) is 32.4 Å². The number of rotatable bonds is 6. The highest BCUT2D eigenvalue weighted by Gasteiger charge is 2.22. The van der Waals surface area contributed by atoms with Crippen molar-refractivity contribution in [1.82, 2.24) is 0 Å². The fourth-order valence-electron chi connectivity index (χ4n) is 1.73. The second-order valence-corrected chi connectivity index (χ2v) is 5.96. The zero-order valence-electron chi connectivity index (χ0n) is 12.0. The second-order valence-electron chi connectivity index (χ2n) is 4.12. The minimum absolute atomic E-state index is 0.0777. The van der Waals surface area contributed by atoms with E-state index in [4.69, 9.17) is 4.52 Å². The van der Waals surface area contributed by atoms with Crippen LogP contribution in [0.4, 0.5) is 0 Å². The maximum atomic E-state index is 11.8. The lowest BCUT2D eigenvalue weighted by Crippen LogP contribution is -2.08. The van der Waals surface area contributed by atoms with E-state index in [2.05, 4.69) is 9.47 Å². The first-order valence-corrected chi connectivity index (χ1v) is 7.86. The van der Waals surface area contributed by atoms with Crippen molar-refractivity contribution in [3.05, 3.63) is 34.9 Å². The zero-order valence-corrected chi connectivity index (χ0v) is 12.9. The first-order chi connectivity index (χ1) is 9.82. The molecule has 1 N–H and O–H groups in total. The molecule has 1 rings (SSSR count). The highest BCUT2D eigenvalue weighted by molar-refractivity contribution is 7.51. The Hall–Kier alpha value is -1.69. The molecule has 0 amide bonds. The highest BCUT2D eigenvalue weighted by Crippen LogP contribution is 2.45. The number of benzene rings is 1. The van der Waals surface area contributed by atoms with Crippen LogP contribution in [0.15, 0.2) is 18.2 Å². The fourth-order valence-corrected chi connectivity index (χ4v) is 2.87. The number of hydrogen-bond acceptors (Lipinski definition) is 6. The van der Waals surface area contributed by atoms with E-state index in [1.54, 1.807) is 6.92 Å². The largest absolute Gasteiger partial charge is 0.465 e. The summed E-state index contributed by atoms with van der Waals surface area (Å²) < 4.78 is 25.7. The number of hydrogen-bond donors (Lipinski definition) is 1. The molecule has 0 aliphatic heterocycles. The molecule has 0 aliphatic rings. The molecule has 21 heavy (non-hydrogen) atoms. The fraction of sp³-hybridized carbons (Fsp3) is 0.385. The Labute approximate surface area is 122 Å². The predicted octanol–water partition coefficient (Wildman–Crippen LogP) is 1.98. The normalized spacial score (nSPS) is 13.3. The van der Waals surface area contributed by atoms with E-state index in [0.29, 0.717) is 5.56 Å². The summed E-state index contributed by atoms with van der Waals surface area (Å²) in [4.78, 5) is 32.8. The monoisotopic (exact) mass is 316 g/mol. The molecule has 8 heteroatoms. The molecule has 116 valence electrons.